The van der Waals surface area contributed by atoms with Crippen molar-refractivity contribution in [3.8, 4) is 0 Å². The highest BCUT2D eigenvalue weighted by atomic mass is 79.9. The number of aromatic carboxylic acids is 1. The van der Waals surface area contributed by atoms with Gasteiger partial charge in [-0.3, -0.25) is 10.1 Å². The molecule has 2 aromatic carbocycles. The summed E-state index contributed by atoms with van der Waals surface area (Å²) in [4.78, 5) is 21.6. The Morgan fingerprint density at radius 2 is 2.00 bits per heavy atom. The molecule has 0 aliphatic carbocycles. The SMILES string of the molecule is Cc1ccc(Nc2cc(Br)ccc2[N+](=O)[O-])cc1C(=O)O. The first kappa shape index (κ1) is 15.0. The van der Waals surface area contributed by atoms with Gasteiger partial charge < -0.3 is 10.4 Å². The second-order valence-corrected chi connectivity index (χ2v) is 5.29. The van der Waals surface area contributed by atoms with Gasteiger partial charge in [0.25, 0.3) is 5.69 Å². The van der Waals surface area contributed by atoms with Crippen molar-refractivity contribution in [2.75, 3.05) is 5.32 Å². The molecule has 2 rings (SSSR count). The fraction of sp³-hybridized carbons (Fsp3) is 0.0714. The Kier molecular flexibility index (Phi) is 4.23. The number of rotatable bonds is 4. The molecule has 0 fully saturated rings. The van der Waals surface area contributed by atoms with Gasteiger partial charge in [0, 0.05) is 16.2 Å². The van der Waals surface area contributed by atoms with Crippen LogP contribution in [0.2, 0.25) is 0 Å². The van der Waals surface area contributed by atoms with Crippen LogP contribution in [0.1, 0.15) is 15.9 Å². The van der Waals surface area contributed by atoms with Crippen LogP contribution in [-0.2, 0) is 0 Å². The standard InChI is InChI=1S/C14H11BrN2O4/c1-8-2-4-10(7-11(8)14(18)19)16-12-6-9(15)3-5-13(12)17(20)21/h2-7,16H,1H3,(H,18,19). The monoisotopic (exact) mass is 350 g/mol. The summed E-state index contributed by atoms with van der Waals surface area (Å²) in [5.41, 5.74) is 1.44. The topological polar surface area (TPSA) is 92.5 Å². The molecule has 0 spiro atoms. The van der Waals surface area contributed by atoms with Crippen LogP contribution in [-0.4, -0.2) is 16.0 Å². The third-order valence-corrected chi connectivity index (χ3v) is 3.40. The van der Waals surface area contributed by atoms with Crippen LogP contribution in [0.3, 0.4) is 0 Å². The first-order valence-corrected chi connectivity index (χ1v) is 6.72. The summed E-state index contributed by atoms with van der Waals surface area (Å²) in [5.74, 6) is -1.04. The summed E-state index contributed by atoms with van der Waals surface area (Å²) in [6.45, 7) is 1.69. The average molecular weight is 351 g/mol. The zero-order valence-electron chi connectivity index (χ0n) is 11.0. The number of aryl methyl sites for hydroxylation is 1. The highest BCUT2D eigenvalue weighted by Gasteiger charge is 2.15. The number of benzene rings is 2. The summed E-state index contributed by atoms with van der Waals surface area (Å²) in [5, 5.41) is 23.0. The van der Waals surface area contributed by atoms with E-state index < -0.39 is 10.9 Å². The minimum absolute atomic E-state index is 0.0874. The highest BCUT2D eigenvalue weighted by Crippen LogP contribution is 2.31. The molecule has 0 amide bonds. The molecule has 0 bridgehead atoms. The maximum Gasteiger partial charge on any atom is 0.336 e. The van der Waals surface area contributed by atoms with Crippen molar-refractivity contribution in [3.05, 3.63) is 62.1 Å². The Morgan fingerprint density at radius 3 is 2.62 bits per heavy atom. The largest absolute Gasteiger partial charge is 0.478 e. The molecule has 0 saturated heterocycles. The van der Waals surface area contributed by atoms with Gasteiger partial charge in [-0.1, -0.05) is 22.0 Å². The quantitative estimate of drug-likeness (QED) is 0.639. The molecule has 0 saturated carbocycles. The van der Waals surface area contributed by atoms with Crippen molar-refractivity contribution in [2.45, 2.75) is 6.92 Å². The maximum absolute atomic E-state index is 11.1. The zero-order valence-corrected chi connectivity index (χ0v) is 12.5. The number of hydrogen-bond acceptors (Lipinski definition) is 4. The molecule has 2 aromatic rings. The van der Waals surface area contributed by atoms with Gasteiger partial charge in [-0.25, -0.2) is 4.79 Å². The lowest BCUT2D eigenvalue weighted by Crippen LogP contribution is -2.02. The number of carboxylic acid groups (broad SMARTS) is 1. The Morgan fingerprint density at radius 1 is 1.29 bits per heavy atom. The number of carboxylic acids is 1. The van der Waals surface area contributed by atoms with Crippen molar-refractivity contribution in [1.29, 1.82) is 0 Å². The molecule has 0 aliphatic heterocycles. The lowest BCUT2D eigenvalue weighted by molar-refractivity contribution is -0.383. The molecule has 7 heteroatoms. The van der Waals surface area contributed by atoms with E-state index in [2.05, 4.69) is 21.2 Å². The molecule has 0 heterocycles. The normalized spacial score (nSPS) is 10.2. The highest BCUT2D eigenvalue weighted by molar-refractivity contribution is 9.10. The van der Waals surface area contributed by atoms with E-state index in [0.29, 0.717) is 15.7 Å². The molecule has 0 aromatic heterocycles. The van der Waals surface area contributed by atoms with Crippen molar-refractivity contribution in [2.24, 2.45) is 0 Å². The van der Waals surface area contributed by atoms with Crippen LogP contribution in [0.25, 0.3) is 0 Å². The Labute approximate surface area is 128 Å². The number of carbonyl (C=O) groups is 1. The fourth-order valence-corrected chi connectivity index (χ4v) is 2.21. The molecule has 2 N–H and O–H groups in total. The van der Waals surface area contributed by atoms with Crippen molar-refractivity contribution >= 4 is 39.0 Å². The van der Waals surface area contributed by atoms with E-state index in [1.807, 2.05) is 0 Å². The molecular formula is C14H11BrN2O4. The van der Waals surface area contributed by atoms with Gasteiger partial charge in [-0.2, -0.15) is 0 Å². The van der Waals surface area contributed by atoms with Gasteiger partial charge >= 0.3 is 5.97 Å². The van der Waals surface area contributed by atoms with E-state index in [-0.39, 0.29) is 16.9 Å². The minimum atomic E-state index is -1.04. The maximum atomic E-state index is 11.1. The summed E-state index contributed by atoms with van der Waals surface area (Å²) in [7, 11) is 0. The molecule has 6 nitrogen and oxygen atoms in total. The number of nitro benzene ring substituents is 1. The van der Waals surface area contributed by atoms with Crippen LogP contribution < -0.4 is 5.32 Å². The third kappa shape index (κ3) is 3.38. The number of anilines is 2. The number of nitrogens with one attached hydrogen (secondary N) is 1. The molecular weight excluding hydrogens is 340 g/mol. The van der Waals surface area contributed by atoms with Gasteiger partial charge in [-0.05, 0) is 36.8 Å². The Bertz CT molecular complexity index is 731. The van der Waals surface area contributed by atoms with Crippen LogP contribution in [0.4, 0.5) is 17.1 Å². The number of nitro groups is 1. The van der Waals surface area contributed by atoms with E-state index in [1.54, 1.807) is 31.2 Å². The molecule has 21 heavy (non-hydrogen) atoms. The van der Waals surface area contributed by atoms with Crippen molar-refractivity contribution < 1.29 is 14.8 Å². The summed E-state index contributed by atoms with van der Waals surface area (Å²) in [6.07, 6.45) is 0. The molecule has 0 atom stereocenters. The predicted molar refractivity (Wildman–Crippen MR) is 82.2 cm³/mol. The first-order chi connectivity index (χ1) is 9.88. The van der Waals surface area contributed by atoms with Crippen LogP contribution in [0.15, 0.2) is 40.9 Å². The van der Waals surface area contributed by atoms with E-state index in [9.17, 15) is 14.9 Å². The summed E-state index contributed by atoms with van der Waals surface area (Å²) in [6, 6.07) is 9.28. The first-order valence-electron chi connectivity index (χ1n) is 5.93. The smallest absolute Gasteiger partial charge is 0.336 e. The lowest BCUT2D eigenvalue weighted by Gasteiger charge is -2.09. The van der Waals surface area contributed by atoms with E-state index in [1.165, 1.54) is 12.1 Å². The van der Waals surface area contributed by atoms with Crippen LogP contribution >= 0.6 is 15.9 Å². The van der Waals surface area contributed by atoms with Gasteiger partial charge in [0.05, 0.1) is 10.5 Å². The molecule has 0 radical (unpaired) electrons. The summed E-state index contributed by atoms with van der Waals surface area (Å²) >= 11 is 3.25. The number of nitrogens with zero attached hydrogens (tertiary/aromatic N) is 1. The zero-order chi connectivity index (χ0) is 15.6. The lowest BCUT2D eigenvalue weighted by atomic mass is 10.1. The fourth-order valence-electron chi connectivity index (χ4n) is 1.85. The molecule has 108 valence electrons. The predicted octanol–water partition coefficient (Wildman–Crippen LogP) is 4.11. The second-order valence-electron chi connectivity index (χ2n) is 4.38. The Balaban J connectivity index is 2.43. The number of hydrogen-bond donors (Lipinski definition) is 2. The third-order valence-electron chi connectivity index (χ3n) is 2.90. The van der Waals surface area contributed by atoms with E-state index in [4.69, 9.17) is 5.11 Å². The van der Waals surface area contributed by atoms with Gasteiger partial charge in [-0.15, -0.1) is 0 Å². The average Bonchev–Trinajstić information content (AvgIpc) is 2.40. The van der Waals surface area contributed by atoms with E-state index in [0.717, 1.165) is 0 Å². The van der Waals surface area contributed by atoms with Gasteiger partial charge in [0.2, 0.25) is 0 Å². The van der Waals surface area contributed by atoms with Crippen LogP contribution in [0.5, 0.6) is 0 Å². The van der Waals surface area contributed by atoms with Gasteiger partial charge in [0.15, 0.2) is 0 Å². The van der Waals surface area contributed by atoms with Crippen LogP contribution in [0, 0.1) is 17.0 Å². The second kappa shape index (κ2) is 5.92. The van der Waals surface area contributed by atoms with E-state index >= 15 is 0 Å². The molecule has 0 unspecified atom stereocenters. The van der Waals surface area contributed by atoms with Gasteiger partial charge in [0.1, 0.15) is 5.69 Å². The molecule has 0 aliphatic rings. The number of halogens is 1. The minimum Gasteiger partial charge on any atom is -0.478 e. The van der Waals surface area contributed by atoms with Crippen molar-refractivity contribution in [3.63, 3.8) is 0 Å². The summed E-state index contributed by atoms with van der Waals surface area (Å²) < 4.78 is 0.682. The Hall–Kier alpha value is -2.41. The van der Waals surface area contributed by atoms with Crippen molar-refractivity contribution in [1.82, 2.24) is 0 Å².